The molecule has 0 atom stereocenters. The Hall–Kier alpha value is -3.06. The lowest BCUT2D eigenvalue weighted by Gasteiger charge is -2.11. The van der Waals surface area contributed by atoms with E-state index >= 15 is 0 Å². The molecular formula is C26H27N. The van der Waals surface area contributed by atoms with Gasteiger partial charge in [0.15, 0.2) is 0 Å². The zero-order valence-corrected chi connectivity index (χ0v) is 16.7. The van der Waals surface area contributed by atoms with E-state index in [1.54, 1.807) is 0 Å². The highest BCUT2D eigenvalue weighted by molar-refractivity contribution is 5.76. The summed E-state index contributed by atoms with van der Waals surface area (Å²) in [6.07, 6.45) is 10.4. The van der Waals surface area contributed by atoms with Crippen molar-refractivity contribution in [3.63, 3.8) is 0 Å². The quantitative estimate of drug-likeness (QED) is 0.448. The van der Waals surface area contributed by atoms with Gasteiger partial charge in [-0.1, -0.05) is 72.8 Å². The molecular weight excluding hydrogens is 326 g/mol. The van der Waals surface area contributed by atoms with E-state index < -0.39 is 0 Å². The third-order valence-electron chi connectivity index (χ3n) is 4.90. The fraction of sp³-hybridized carbons (Fsp3) is 0.154. The molecule has 1 aromatic heterocycles. The second-order valence-corrected chi connectivity index (χ2v) is 6.75. The number of benzene rings is 2. The van der Waals surface area contributed by atoms with Gasteiger partial charge in [0, 0.05) is 22.5 Å². The third kappa shape index (κ3) is 3.59. The van der Waals surface area contributed by atoms with E-state index in [0.29, 0.717) is 0 Å². The molecule has 0 aliphatic heterocycles. The Kier molecular flexibility index (Phi) is 5.61. The molecule has 0 radical (unpaired) electrons. The summed E-state index contributed by atoms with van der Waals surface area (Å²) >= 11 is 0. The van der Waals surface area contributed by atoms with Gasteiger partial charge in [-0.2, -0.15) is 0 Å². The van der Waals surface area contributed by atoms with E-state index in [2.05, 4.69) is 112 Å². The molecule has 0 N–H and O–H groups in total. The Labute approximate surface area is 163 Å². The zero-order valence-electron chi connectivity index (χ0n) is 16.7. The number of nitrogens with zero attached hydrogens (tertiary/aromatic N) is 1. The molecule has 27 heavy (non-hydrogen) atoms. The second kappa shape index (κ2) is 8.09. The highest BCUT2D eigenvalue weighted by atomic mass is 15.0. The van der Waals surface area contributed by atoms with Crippen LogP contribution in [0.2, 0.25) is 0 Å². The van der Waals surface area contributed by atoms with Crippen LogP contribution in [0, 0.1) is 13.8 Å². The average Bonchev–Trinajstić information content (AvgIpc) is 2.94. The van der Waals surface area contributed by atoms with Crippen molar-refractivity contribution in [1.82, 2.24) is 4.57 Å². The topological polar surface area (TPSA) is 4.93 Å². The Balaban J connectivity index is 2.13. The maximum Gasteiger partial charge on any atom is 0.0534 e. The molecule has 0 bridgehead atoms. The SMILES string of the molecule is C=Cc1c(/C=C\C)c(C)n(-c2ccc(-c3ccc(C)cc3)cc2)c1/C=C\C. The predicted molar refractivity (Wildman–Crippen MR) is 120 cm³/mol. The van der Waals surface area contributed by atoms with E-state index in [1.807, 2.05) is 6.08 Å². The lowest BCUT2D eigenvalue weighted by atomic mass is 10.0. The summed E-state index contributed by atoms with van der Waals surface area (Å²) in [5.41, 5.74) is 9.70. The predicted octanol–water partition coefficient (Wildman–Crippen LogP) is 7.47. The number of aryl methyl sites for hydroxylation is 1. The van der Waals surface area contributed by atoms with Gasteiger partial charge in [0.05, 0.1) is 5.69 Å². The molecule has 0 aliphatic carbocycles. The first-order valence-electron chi connectivity index (χ1n) is 9.41. The van der Waals surface area contributed by atoms with Crippen molar-refractivity contribution in [2.45, 2.75) is 27.7 Å². The fourth-order valence-electron chi connectivity index (χ4n) is 3.55. The molecule has 1 nitrogen and oxygen atoms in total. The van der Waals surface area contributed by atoms with E-state index in [4.69, 9.17) is 0 Å². The normalized spacial score (nSPS) is 11.6. The van der Waals surface area contributed by atoms with Crippen molar-refractivity contribution < 1.29 is 0 Å². The average molecular weight is 354 g/mol. The monoisotopic (exact) mass is 353 g/mol. The largest absolute Gasteiger partial charge is 0.313 e. The maximum atomic E-state index is 4.04. The molecule has 136 valence electrons. The van der Waals surface area contributed by atoms with E-state index in [1.165, 1.54) is 39.2 Å². The number of aromatic nitrogens is 1. The summed E-state index contributed by atoms with van der Waals surface area (Å²) in [6, 6.07) is 17.5. The van der Waals surface area contributed by atoms with Gasteiger partial charge in [-0.25, -0.2) is 0 Å². The van der Waals surface area contributed by atoms with E-state index in [9.17, 15) is 0 Å². The lowest BCUT2D eigenvalue weighted by molar-refractivity contribution is 0.999. The third-order valence-corrected chi connectivity index (χ3v) is 4.90. The van der Waals surface area contributed by atoms with Crippen LogP contribution in [0.15, 0.2) is 67.3 Å². The first-order chi connectivity index (χ1) is 13.1. The summed E-state index contributed by atoms with van der Waals surface area (Å²) < 4.78 is 2.31. The van der Waals surface area contributed by atoms with Gasteiger partial charge in [0.25, 0.3) is 0 Å². The molecule has 0 aliphatic rings. The van der Waals surface area contributed by atoms with Gasteiger partial charge in [0.1, 0.15) is 0 Å². The van der Waals surface area contributed by atoms with Gasteiger partial charge in [-0.15, -0.1) is 0 Å². The molecule has 0 spiro atoms. The molecule has 0 amide bonds. The van der Waals surface area contributed by atoms with Crippen molar-refractivity contribution in [1.29, 1.82) is 0 Å². The molecule has 2 aromatic carbocycles. The van der Waals surface area contributed by atoms with Crippen LogP contribution in [0.4, 0.5) is 0 Å². The van der Waals surface area contributed by atoms with Crippen LogP contribution >= 0.6 is 0 Å². The zero-order chi connectivity index (χ0) is 19.4. The van der Waals surface area contributed by atoms with Gasteiger partial charge in [0.2, 0.25) is 0 Å². The molecule has 1 heterocycles. The number of hydrogen-bond donors (Lipinski definition) is 0. The molecule has 0 saturated carbocycles. The summed E-state index contributed by atoms with van der Waals surface area (Å²) in [5, 5.41) is 0. The van der Waals surface area contributed by atoms with Crippen molar-refractivity contribution in [2.24, 2.45) is 0 Å². The minimum absolute atomic E-state index is 1.16. The smallest absolute Gasteiger partial charge is 0.0534 e. The van der Waals surface area contributed by atoms with Crippen molar-refractivity contribution in [3.05, 3.63) is 95.3 Å². The van der Waals surface area contributed by atoms with Crippen molar-refractivity contribution in [2.75, 3.05) is 0 Å². The van der Waals surface area contributed by atoms with E-state index in [-0.39, 0.29) is 0 Å². The van der Waals surface area contributed by atoms with Crippen LogP contribution < -0.4 is 0 Å². The molecule has 3 rings (SSSR count). The van der Waals surface area contributed by atoms with Gasteiger partial charge in [-0.3, -0.25) is 0 Å². The maximum absolute atomic E-state index is 4.04. The summed E-state index contributed by atoms with van der Waals surface area (Å²) in [7, 11) is 0. The number of hydrogen-bond acceptors (Lipinski definition) is 0. The first-order valence-corrected chi connectivity index (χ1v) is 9.41. The Morgan fingerprint density at radius 3 is 1.81 bits per heavy atom. The fourth-order valence-corrected chi connectivity index (χ4v) is 3.55. The number of rotatable bonds is 5. The highest BCUT2D eigenvalue weighted by Crippen LogP contribution is 2.31. The van der Waals surface area contributed by atoms with Crippen LogP contribution in [-0.4, -0.2) is 4.57 Å². The molecule has 0 unspecified atom stereocenters. The standard InChI is InChI=1S/C26H27N/c1-6-9-25-20(5)27(26(10-7-2)24(25)8-3)23-17-15-22(16-18-23)21-13-11-19(4)12-14-21/h6-18H,3H2,1-2,4-5H3/b9-6-,10-7-. The molecule has 1 heteroatoms. The van der Waals surface area contributed by atoms with Gasteiger partial charge < -0.3 is 4.57 Å². The van der Waals surface area contributed by atoms with Crippen molar-refractivity contribution in [3.8, 4) is 16.8 Å². The first kappa shape index (κ1) is 18.7. The van der Waals surface area contributed by atoms with Crippen LogP contribution in [0.5, 0.6) is 0 Å². The Morgan fingerprint density at radius 1 is 0.741 bits per heavy atom. The summed E-state index contributed by atoms with van der Waals surface area (Å²) in [4.78, 5) is 0. The molecule has 0 fully saturated rings. The highest BCUT2D eigenvalue weighted by Gasteiger charge is 2.16. The van der Waals surface area contributed by atoms with Crippen LogP contribution in [0.3, 0.4) is 0 Å². The van der Waals surface area contributed by atoms with Crippen molar-refractivity contribution >= 4 is 18.2 Å². The Morgan fingerprint density at radius 2 is 1.30 bits per heavy atom. The lowest BCUT2D eigenvalue weighted by Crippen LogP contribution is -1.99. The van der Waals surface area contributed by atoms with Crippen LogP contribution in [-0.2, 0) is 0 Å². The minimum Gasteiger partial charge on any atom is -0.313 e. The molecule has 0 saturated heterocycles. The number of allylic oxidation sites excluding steroid dienone is 2. The van der Waals surface area contributed by atoms with Gasteiger partial charge in [-0.05, 0) is 57.0 Å². The van der Waals surface area contributed by atoms with Gasteiger partial charge >= 0.3 is 0 Å². The second-order valence-electron chi connectivity index (χ2n) is 6.75. The Bertz CT molecular complexity index is 994. The minimum atomic E-state index is 1.16. The van der Waals surface area contributed by atoms with Crippen LogP contribution in [0.25, 0.3) is 35.0 Å². The van der Waals surface area contributed by atoms with Crippen LogP contribution in [0.1, 0.15) is 41.9 Å². The van der Waals surface area contributed by atoms with E-state index in [0.717, 1.165) is 5.69 Å². The summed E-state index contributed by atoms with van der Waals surface area (Å²) in [6.45, 7) is 12.4. The summed E-state index contributed by atoms with van der Waals surface area (Å²) in [5.74, 6) is 0. The molecule has 3 aromatic rings.